The number of hydrogen-bond acceptors (Lipinski definition) is 4. The molecular formula is C18H26O2S2. The minimum absolute atomic E-state index is 0.181. The van der Waals surface area contributed by atoms with E-state index in [0.717, 1.165) is 24.7 Å². The van der Waals surface area contributed by atoms with Crippen molar-refractivity contribution < 1.29 is 9.47 Å². The summed E-state index contributed by atoms with van der Waals surface area (Å²) in [5.41, 5.74) is 3.48. The van der Waals surface area contributed by atoms with Gasteiger partial charge in [0.25, 0.3) is 0 Å². The van der Waals surface area contributed by atoms with Crippen molar-refractivity contribution in [1.82, 2.24) is 0 Å². The van der Waals surface area contributed by atoms with Crippen LogP contribution in [0.3, 0.4) is 0 Å². The molecule has 0 radical (unpaired) electrons. The molecule has 2 nitrogen and oxygen atoms in total. The van der Waals surface area contributed by atoms with Gasteiger partial charge >= 0.3 is 0 Å². The monoisotopic (exact) mass is 338 g/mol. The number of hydrogen-bond donors (Lipinski definition) is 0. The molecule has 2 saturated heterocycles. The average molecular weight is 339 g/mol. The highest BCUT2D eigenvalue weighted by Crippen LogP contribution is 2.43. The van der Waals surface area contributed by atoms with E-state index in [-0.39, 0.29) is 10.9 Å². The van der Waals surface area contributed by atoms with Crippen molar-refractivity contribution in [3.05, 3.63) is 35.4 Å². The summed E-state index contributed by atoms with van der Waals surface area (Å²) in [6.07, 6.45) is 0. The van der Waals surface area contributed by atoms with Gasteiger partial charge in [-0.2, -0.15) is 0 Å². The molecule has 1 aromatic rings. The molecule has 2 aliphatic rings. The number of rotatable bonds is 2. The molecule has 0 amide bonds. The maximum absolute atomic E-state index is 6.02. The van der Waals surface area contributed by atoms with E-state index in [2.05, 4.69) is 52.0 Å². The quantitative estimate of drug-likeness (QED) is 0.731. The number of thioether (sulfide) groups is 2. The molecule has 2 aliphatic heterocycles. The van der Waals surface area contributed by atoms with Gasteiger partial charge in [-0.25, -0.2) is 0 Å². The minimum atomic E-state index is 0.181. The summed E-state index contributed by atoms with van der Waals surface area (Å²) in [5.74, 6) is 2.30. The summed E-state index contributed by atoms with van der Waals surface area (Å²) in [5, 5.41) is 0. The molecule has 0 bridgehead atoms. The van der Waals surface area contributed by atoms with Gasteiger partial charge < -0.3 is 9.47 Å². The van der Waals surface area contributed by atoms with Crippen molar-refractivity contribution in [1.29, 1.82) is 0 Å². The van der Waals surface area contributed by atoms with E-state index in [1.54, 1.807) is 0 Å². The van der Waals surface area contributed by atoms with Crippen molar-refractivity contribution in [3.63, 3.8) is 0 Å². The van der Waals surface area contributed by atoms with Gasteiger partial charge in [0.1, 0.15) is 10.9 Å². The van der Waals surface area contributed by atoms with E-state index >= 15 is 0 Å². The van der Waals surface area contributed by atoms with Gasteiger partial charge in [0.2, 0.25) is 0 Å². The molecule has 0 aromatic heterocycles. The molecule has 122 valence electrons. The lowest BCUT2D eigenvalue weighted by Gasteiger charge is -2.35. The van der Waals surface area contributed by atoms with E-state index in [1.807, 2.05) is 23.5 Å². The van der Waals surface area contributed by atoms with Gasteiger partial charge in [0, 0.05) is 11.5 Å². The lowest BCUT2D eigenvalue weighted by Crippen LogP contribution is -2.29. The maximum Gasteiger partial charge on any atom is 0.128 e. The van der Waals surface area contributed by atoms with Crippen LogP contribution in [0, 0.1) is 10.8 Å². The predicted octanol–water partition coefficient (Wildman–Crippen LogP) is 5.26. The zero-order valence-electron chi connectivity index (χ0n) is 13.9. The summed E-state index contributed by atoms with van der Waals surface area (Å²) >= 11 is 3.81. The van der Waals surface area contributed by atoms with E-state index in [9.17, 15) is 0 Å². The molecule has 0 aliphatic carbocycles. The Labute approximate surface area is 142 Å². The van der Waals surface area contributed by atoms with Crippen molar-refractivity contribution in [3.8, 4) is 0 Å². The van der Waals surface area contributed by atoms with Crippen LogP contribution < -0.4 is 0 Å². The molecule has 22 heavy (non-hydrogen) atoms. The van der Waals surface area contributed by atoms with Crippen molar-refractivity contribution in [2.45, 2.75) is 38.6 Å². The van der Waals surface area contributed by atoms with Crippen molar-refractivity contribution in [2.75, 3.05) is 24.7 Å². The lowest BCUT2D eigenvalue weighted by atomic mass is 9.98. The SMILES string of the molecule is CC1(C)COC(c2ccc(C3OCC(C)(C)CS3)cc2)SC1. The third kappa shape index (κ3) is 4.02. The standard InChI is InChI=1S/C18H26O2S2/c1-17(2)9-19-15(21-11-17)13-5-7-14(8-6-13)16-20-10-18(3,4)12-22-16/h5-8,15-16H,9-12H2,1-4H3. The van der Waals surface area contributed by atoms with Gasteiger partial charge in [-0.1, -0.05) is 52.0 Å². The van der Waals surface area contributed by atoms with Crippen LogP contribution in [0.5, 0.6) is 0 Å². The van der Waals surface area contributed by atoms with Crippen LogP contribution in [-0.4, -0.2) is 24.7 Å². The zero-order valence-corrected chi connectivity index (χ0v) is 15.6. The highest BCUT2D eigenvalue weighted by Gasteiger charge is 2.30. The van der Waals surface area contributed by atoms with E-state index in [0.29, 0.717) is 10.8 Å². The zero-order chi connectivity index (χ0) is 15.8. The summed E-state index contributed by atoms with van der Waals surface area (Å²) in [7, 11) is 0. The average Bonchev–Trinajstić information content (AvgIpc) is 2.48. The van der Waals surface area contributed by atoms with E-state index < -0.39 is 0 Å². The highest BCUT2D eigenvalue weighted by molar-refractivity contribution is 7.99. The van der Waals surface area contributed by atoms with Crippen LogP contribution in [0.4, 0.5) is 0 Å². The molecule has 0 spiro atoms. The Balaban J connectivity index is 1.61. The molecule has 2 fully saturated rings. The summed E-state index contributed by atoms with van der Waals surface area (Å²) in [6, 6.07) is 8.81. The third-order valence-corrected chi connectivity index (χ3v) is 7.30. The molecule has 4 heteroatoms. The second-order valence-corrected chi connectivity index (χ2v) is 10.0. The first-order valence-corrected chi connectivity index (χ1v) is 10.0. The van der Waals surface area contributed by atoms with Crippen LogP contribution in [0.2, 0.25) is 0 Å². The highest BCUT2D eigenvalue weighted by atomic mass is 32.2. The molecule has 0 N–H and O–H groups in total. The Hall–Kier alpha value is -0.160. The third-order valence-electron chi connectivity index (χ3n) is 3.98. The first-order chi connectivity index (χ1) is 10.3. The first-order valence-electron chi connectivity index (χ1n) is 7.91. The van der Waals surface area contributed by atoms with Crippen LogP contribution in [-0.2, 0) is 9.47 Å². The van der Waals surface area contributed by atoms with Gasteiger partial charge in [-0.3, -0.25) is 0 Å². The fourth-order valence-corrected chi connectivity index (χ4v) is 4.98. The van der Waals surface area contributed by atoms with Gasteiger partial charge in [0.05, 0.1) is 13.2 Å². The molecule has 2 heterocycles. The summed E-state index contributed by atoms with van der Waals surface area (Å²) in [4.78, 5) is 0. The lowest BCUT2D eigenvalue weighted by molar-refractivity contribution is 0.0426. The molecule has 1 aromatic carbocycles. The molecule has 0 saturated carbocycles. The smallest absolute Gasteiger partial charge is 0.128 e. The Kier molecular flexibility index (Phi) is 4.84. The fourth-order valence-electron chi connectivity index (χ4n) is 2.58. The van der Waals surface area contributed by atoms with Crippen LogP contribution >= 0.6 is 23.5 Å². The van der Waals surface area contributed by atoms with E-state index in [1.165, 1.54) is 11.1 Å². The second kappa shape index (κ2) is 6.39. The Morgan fingerprint density at radius 1 is 0.773 bits per heavy atom. The number of ether oxygens (including phenoxy) is 2. The fraction of sp³-hybridized carbons (Fsp3) is 0.667. The van der Waals surface area contributed by atoms with Gasteiger partial charge in [0.15, 0.2) is 0 Å². The Bertz CT molecular complexity index is 443. The molecule has 3 rings (SSSR count). The van der Waals surface area contributed by atoms with Crippen molar-refractivity contribution >= 4 is 23.5 Å². The van der Waals surface area contributed by atoms with Gasteiger partial charge in [-0.15, -0.1) is 23.5 Å². The van der Waals surface area contributed by atoms with Crippen LogP contribution in [0.25, 0.3) is 0 Å². The Morgan fingerprint density at radius 3 is 1.41 bits per heavy atom. The molecular weight excluding hydrogens is 312 g/mol. The minimum Gasteiger partial charge on any atom is -0.362 e. The summed E-state index contributed by atoms with van der Waals surface area (Å²) < 4.78 is 12.0. The first kappa shape index (κ1) is 16.7. The van der Waals surface area contributed by atoms with E-state index in [4.69, 9.17) is 9.47 Å². The molecule has 2 unspecified atom stereocenters. The molecule has 2 atom stereocenters. The predicted molar refractivity (Wildman–Crippen MR) is 96.3 cm³/mol. The summed E-state index contributed by atoms with van der Waals surface area (Å²) in [6.45, 7) is 10.7. The van der Waals surface area contributed by atoms with Crippen LogP contribution in [0.15, 0.2) is 24.3 Å². The van der Waals surface area contributed by atoms with Gasteiger partial charge in [-0.05, 0) is 22.0 Å². The largest absolute Gasteiger partial charge is 0.362 e. The maximum atomic E-state index is 6.02. The Morgan fingerprint density at radius 2 is 1.14 bits per heavy atom. The second-order valence-electron chi connectivity index (χ2n) is 7.90. The van der Waals surface area contributed by atoms with Crippen LogP contribution in [0.1, 0.15) is 49.7 Å². The number of benzene rings is 1. The topological polar surface area (TPSA) is 18.5 Å². The van der Waals surface area contributed by atoms with Crippen molar-refractivity contribution in [2.24, 2.45) is 10.8 Å². The normalized spacial score (nSPS) is 30.9.